The van der Waals surface area contributed by atoms with E-state index in [2.05, 4.69) is 33.1 Å². The van der Waals surface area contributed by atoms with Crippen molar-refractivity contribution in [2.24, 2.45) is 5.73 Å². The Labute approximate surface area is 113 Å². The summed E-state index contributed by atoms with van der Waals surface area (Å²) in [5, 5.41) is 0. The van der Waals surface area contributed by atoms with Crippen LogP contribution in [0.2, 0.25) is 0 Å². The maximum atomic E-state index is 5.96. The lowest BCUT2D eigenvalue weighted by atomic mass is 10.1. The molecule has 1 aromatic carbocycles. The van der Waals surface area contributed by atoms with Gasteiger partial charge in [0.1, 0.15) is 11.6 Å². The van der Waals surface area contributed by atoms with Gasteiger partial charge in [-0.25, -0.2) is 9.97 Å². The van der Waals surface area contributed by atoms with Gasteiger partial charge < -0.3 is 10.6 Å². The van der Waals surface area contributed by atoms with Gasteiger partial charge in [0.2, 0.25) is 0 Å². The van der Waals surface area contributed by atoms with Crippen molar-refractivity contribution in [3.63, 3.8) is 0 Å². The van der Waals surface area contributed by atoms with Crippen molar-refractivity contribution in [1.82, 2.24) is 9.97 Å². The highest BCUT2D eigenvalue weighted by atomic mass is 15.2. The van der Waals surface area contributed by atoms with Crippen LogP contribution in [0.25, 0.3) is 11.3 Å². The molecule has 0 saturated carbocycles. The summed E-state index contributed by atoms with van der Waals surface area (Å²) < 4.78 is 0. The molecule has 2 heterocycles. The SMILES string of the molecule is Cc1nc(-c2ccccc2)cc(N2CCC(N)C2)n1. The van der Waals surface area contributed by atoms with Crippen LogP contribution in [0.3, 0.4) is 0 Å². The molecular formula is C15H18N4. The number of aryl methyl sites for hydroxylation is 1. The minimum Gasteiger partial charge on any atom is -0.355 e. The van der Waals surface area contributed by atoms with Crippen molar-refractivity contribution in [1.29, 1.82) is 0 Å². The summed E-state index contributed by atoms with van der Waals surface area (Å²) in [7, 11) is 0. The molecule has 1 unspecified atom stereocenters. The Morgan fingerprint density at radius 1 is 1.21 bits per heavy atom. The van der Waals surface area contributed by atoms with Crippen molar-refractivity contribution in [3.05, 3.63) is 42.2 Å². The number of anilines is 1. The molecule has 0 radical (unpaired) electrons. The Morgan fingerprint density at radius 3 is 2.68 bits per heavy atom. The maximum Gasteiger partial charge on any atom is 0.132 e. The van der Waals surface area contributed by atoms with E-state index in [1.54, 1.807) is 0 Å². The van der Waals surface area contributed by atoms with Crippen LogP contribution < -0.4 is 10.6 Å². The Bertz CT molecular complexity index is 568. The lowest BCUT2D eigenvalue weighted by Gasteiger charge is -2.18. The Morgan fingerprint density at radius 2 is 2.00 bits per heavy atom. The second-order valence-electron chi connectivity index (χ2n) is 5.02. The fourth-order valence-corrected chi connectivity index (χ4v) is 2.47. The quantitative estimate of drug-likeness (QED) is 0.890. The number of nitrogens with two attached hydrogens (primary N) is 1. The molecule has 0 spiro atoms. The first-order valence-electron chi connectivity index (χ1n) is 6.64. The number of benzene rings is 1. The van der Waals surface area contributed by atoms with E-state index in [0.29, 0.717) is 0 Å². The molecule has 2 N–H and O–H groups in total. The molecule has 4 heteroatoms. The fourth-order valence-electron chi connectivity index (χ4n) is 2.47. The number of rotatable bonds is 2. The van der Waals surface area contributed by atoms with E-state index >= 15 is 0 Å². The minimum absolute atomic E-state index is 0.260. The number of hydrogen-bond acceptors (Lipinski definition) is 4. The van der Waals surface area contributed by atoms with Gasteiger partial charge >= 0.3 is 0 Å². The summed E-state index contributed by atoms with van der Waals surface area (Å²) in [6, 6.07) is 12.5. The van der Waals surface area contributed by atoms with Gasteiger partial charge in [-0.1, -0.05) is 30.3 Å². The summed E-state index contributed by atoms with van der Waals surface area (Å²) in [4.78, 5) is 11.3. The first kappa shape index (κ1) is 12.1. The van der Waals surface area contributed by atoms with Crippen LogP contribution in [0, 0.1) is 6.92 Å². The number of hydrogen-bond donors (Lipinski definition) is 1. The first-order valence-corrected chi connectivity index (χ1v) is 6.64. The molecule has 2 aromatic rings. The highest BCUT2D eigenvalue weighted by molar-refractivity contribution is 5.63. The van der Waals surface area contributed by atoms with E-state index in [-0.39, 0.29) is 6.04 Å². The zero-order valence-electron chi connectivity index (χ0n) is 11.1. The minimum atomic E-state index is 0.260. The van der Waals surface area contributed by atoms with Gasteiger partial charge in [-0.2, -0.15) is 0 Å². The normalized spacial score (nSPS) is 18.8. The third-order valence-electron chi connectivity index (χ3n) is 3.44. The summed E-state index contributed by atoms with van der Waals surface area (Å²) in [5.41, 5.74) is 8.06. The molecule has 1 aromatic heterocycles. The highest BCUT2D eigenvalue weighted by Gasteiger charge is 2.21. The van der Waals surface area contributed by atoms with Crippen LogP contribution in [0.5, 0.6) is 0 Å². The van der Waals surface area contributed by atoms with Gasteiger partial charge in [0.25, 0.3) is 0 Å². The average Bonchev–Trinajstić information content (AvgIpc) is 2.86. The van der Waals surface area contributed by atoms with Gasteiger partial charge in [-0.05, 0) is 13.3 Å². The first-order chi connectivity index (χ1) is 9.22. The molecule has 98 valence electrons. The van der Waals surface area contributed by atoms with E-state index in [1.165, 1.54) is 0 Å². The molecule has 0 bridgehead atoms. The van der Waals surface area contributed by atoms with Crippen molar-refractivity contribution in [2.75, 3.05) is 18.0 Å². The van der Waals surface area contributed by atoms with E-state index in [1.807, 2.05) is 25.1 Å². The van der Waals surface area contributed by atoms with Gasteiger partial charge in [-0.15, -0.1) is 0 Å². The van der Waals surface area contributed by atoms with Crippen molar-refractivity contribution < 1.29 is 0 Å². The predicted octanol–water partition coefficient (Wildman–Crippen LogP) is 1.99. The van der Waals surface area contributed by atoms with Crippen LogP contribution in [0.15, 0.2) is 36.4 Å². The van der Waals surface area contributed by atoms with E-state index in [4.69, 9.17) is 5.73 Å². The van der Waals surface area contributed by atoms with Crippen LogP contribution >= 0.6 is 0 Å². The van der Waals surface area contributed by atoms with Crippen molar-refractivity contribution in [3.8, 4) is 11.3 Å². The molecule has 1 atom stereocenters. The van der Waals surface area contributed by atoms with E-state index < -0.39 is 0 Å². The van der Waals surface area contributed by atoms with E-state index in [9.17, 15) is 0 Å². The van der Waals surface area contributed by atoms with E-state index in [0.717, 1.165) is 42.4 Å². The Hall–Kier alpha value is -1.94. The highest BCUT2D eigenvalue weighted by Crippen LogP contribution is 2.23. The monoisotopic (exact) mass is 254 g/mol. The Kier molecular flexibility index (Phi) is 3.17. The van der Waals surface area contributed by atoms with Gasteiger partial charge in [0.05, 0.1) is 5.69 Å². The van der Waals surface area contributed by atoms with Crippen molar-refractivity contribution in [2.45, 2.75) is 19.4 Å². The smallest absolute Gasteiger partial charge is 0.132 e. The zero-order valence-corrected chi connectivity index (χ0v) is 11.1. The third-order valence-corrected chi connectivity index (χ3v) is 3.44. The van der Waals surface area contributed by atoms with Crippen molar-refractivity contribution >= 4 is 5.82 Å². The molecule has 1 aliphatic heterocycles. The number of nitrogens with zero attached hydrogens (tertiary/aromatic N) is 3. The summed E-state index contributed by atoms with van der Waals surface area (Å²) >= 11 is 0. The van der Waals surface area contributed by atoms with Crippen LogP contribution in [-0.2, 0) is 0 Å². The second-order valence-corrected chi connectivity index (χ2v) is 5.02. The standard InChI is InChI=1S/C15H18N4/c1-11-17-14(12-5-3-2-4-6-12)9-15(18-11)19-8-7-13(16)10-19/h2-6,9,13H,7-8,10,16H2,1H3. The average molecular weight is 254 g/mol. The summed E-state index contributed by atoms with van der Waals surface area (Å²) in [6.07, 6.45) is 1.03. The molecule has 0 aliphatic carbocycles. The van der Waals surface area contributed by atoms with Gasteiger partial charge in [-0.3, -0.25) is 0 Å². The molecule has 1 fully saturated rings. The van der Waals surface area contributed by atoms with Crippen LogP contribution in [-0.4, -0.2) is 29.1 Å². The Balaban J connectivity index is 1.97. The molecular weight excluding hydrogens is 236 g/mol. The zero-order chi connectivity index (χ0) is 13.2. The topological polar surface area (TPSA) is 55.0 Å². The maximum absolute atomic E-state index is 5.96. The van der Waals surface area contributed by atoms with Crippen LogP contribution in [0.1, 0.15) is 12.2 Å². The van der Waals surface area contributed by atoms with Gasteiger partial charge in [0.15, 0.2) is 0 Å². The van der Waals surface area contributed by atoms with Crippen LogP contribution in [0.4, 0.5) is 5.82 Å². The summed E-state index contributed by atoms with van der Waals surface area (Å²) in [5.74, 6) is 1.79. The lowest BCUT2D eigenvalue weighted by molar-refractivity contribution is 0.751. The molecule has 1 saturated heterocycles. The largest absolute Gasteiger partial charge is 0.355 e. The molecule has 0 amide bonds. The fraction of sp³-hybridized carbons (Fsp3) is 0.333. The number of aromatic nitrogens is 2. The lowest BCUT2D eigenvalue weighted by Crippen LogP contribution is -2.27. The molecule has 3 rings (SSSR count). The summed E-state index contributed by atoms with van der Waals surface area (Å²) in [6.45, 7) is 3.79. The molecule has 19 heavy (non-hydrogen) atoms. The van der Waals surface area contributed by atoms with Gasteiger partial charge in [0, 0.05) is 30.8 Å². The molecule has 1 aliphatic rings. The third kappa shape index (κ3) is 2.58. The second kappa shape index (κ2) is 4.97. The molecule has 4 nitrogen and oxygen atoms in total. The predicted molar refractivity (Wildman–Crippen MR) is 77.0 cm³/mol.